The zero-order chi connectivity index (χ0) is 16.7. The lowest BCUT2D eigenvalue weighted by molar-refractivity contribution is -0.114. The minimum absolute atomic E-state index is 0.0938. The topological polar surface area (TPSA) is 73.9 Å². The summed E-state index contributed by atoms with van der Waals surface area (Å²) >= 11 is 0. The van der Waals surface area contributed by atoms with Crippen molar-refractivity contribution in [1.29, 1.82) is 0 Å². The van der Waals surface area contributed by atoms with Gasteiger partial charge < -0.3 is 20.3 Å². The Bertz CT molecular complexity index is 525. The van der Waals surface area contributed by atoms with Gasteiger partial charge in [-0.05, 0) is 24.3 Å². The Kier molecular flexibility index (Phi) is 6.37. The Morgan fingerprint density at radius 3 is 2.13 bits per heavy atom. The molecule has 0 radical (unpaired) electrons. The molecule has 1 aromatic carbocycles. The van der Waals surface area contributed by atoms with Gasteiger partial charge in [-0.25, -0.2) is 4.79 Å². The van der Waals surface area contributed by atoms with Gasteiger partial charge in [-0.1, -0.05) is 0 Å². The van der Waals surface area contributed by atoms with Crippen LogP contribution in [0.4, 0.5) is 16.2 Å². The lowest BCUT2D eigenvalue weighted by atomic mass is 10.2. The molecule has 1 saturated heterocycles. The Morgan fingerprint density at radius 2 is 1.61 bits per heavy atom. The molecule has 1 aromatic rings. The van der Waals surface area contributed by atoms with E-state index in [1.165, 1.54) is 6.92 Å². The summed E-state index contributed by atoms with van der Waals surface area (Å²) in [5, 5.41) is 5.57. The number of amides is 3. The van der Waals surface area contributed by atoms with Crippen LogP contribution in [0.15, 0.2) is 24.3 Å². The number of rotatable bonds is 5. The summed E-state index contributed by atoms with van der Waals surface area (Å²) in [6.07, 6.45) is 0. The lowest BCUT2D eigenvalue weighted by Crippen LogP contribution is -2.50. The van der Waals surface area contributed by atoms with Crippen molar-refractivity contribution in [3.63, 3.8) is 0 Å². The fraction of sp³-hybridized carbons (Fsp3) is 0.500. The van der Waals surface area contributed by atoms with E-state index in [1.54, 1.807) is 31.4 Å². The minimum atomic E-state index is -0.117. The highest BCUT2D eigenvalue weighted by Gasteiger charge is 2.20. The molecule has 1 fully saturated rings. The van der Waals surface area contributed by atoms with Gasteiger partial charge in [0.2, 0.25) is 5.91 Å². The van der Waals surface area contributed by atoms with E-state index in [1.807, 2.05) is 4.90 Å². The molecule has 2 N–H and O–H groups in total. The molecule has 0 saturated carbocycles. The number of carbonyl (C=O) groups is 2. The average molecular weight is 320 g/mol. The van der Waals surface area contributed by atoms with Gasteiger partial charge in [0.05, 0.1) is 6.61 Å². The highest BCUT2D eigenvalue weighted by Crippen LogP contribution is 2.14. The summed E-state index contributed by atoms with van der Waals surface area (Å²) in [4.78, 5) is 27.3. The molecule has 0 aliphatic carbocycles. The second-order valence-electron chi connectivity index (χ2n) is 5.51. The number of carbonyl (C=O) groups excluding carboxylic acids is 2. The number of nitrogens with zero attached hydrogens (tertiary/aromatic N) is 2. The number of urea groups is 1. The Labute approximate surface area is 136 Å². The van der Waals surface area contributed by atoms with Crippen LogP contribution >= 0.6 is 0 Å². The number of nitrogens with one attached hydrogen (secondary N) is 2. The molecule has 1 aliphatic heterocycles. The molecule has 7 heteroatoms. The molecule has 3 amide bonds. The van der Waals surface area contributed by atoms with E-state index in [2.05, 4.69) is 15.5 Å². The van der Waals surface area contributed by atoms with Crippen LogP contribution in [-0.4, -0.2) is 68.2 Å². The predicted molar refractivity (Wildman–Crippen MR) is 89.7 cm³/mol. The van der Waals surface area contributed by atoms with Crippen molar-refractivity contribution in [1.82, 2.24) is 9.80 Å². The fourth-order valence-electron chi connectivity index (χ4n) is 2.44. The largest absolute Gasteiger partial charge is 0.383 e. The smallest absolute Gasteiger partial charge is 0.321 e. The van der Waals surface area contributed by atoms with Crippen molar-refractivity contribution in [2.45, 2.75) is 6.92 Å². The standard InChI is InChI=1S/C16H24N4O3/c1-13(21)17-14-3-5-15(6-4-14)18-16(22)20-9-7-19(8-10-20)11-12-23-2/h3-6H,7-12H2,1-2H3,(H,17,21)(H,18,22). The highest BCUT2D eigenvalue weighted by atomic mass is 16.5. The van der Waals surface area contributed by atoms with Gasteiger partial charge in [0.15, 0.2) is 0 Å². The quantitative estimate of drug-likeness (QED) is 0.861. The molecule has 1 heterocycles. The molecule has 0 bridgehead atoms. The summed E-state index contributed by atoms with van der Waals surface area (Å²) < 4.78 is 5.07. The van der Waals surface area contributed by atoms with Crippen molar-refractivity contribution in [3.05, 3.63) is 24.3 Å². The van der Waals surface area contributed by atoms with Crippen LogP contribution in [0.3, 0.4) is 0 Å². The molecule has 2 rings (SSSR count). The number of piperazine rings is 1. The first-order valence-corrected chi connectivity index (χ1v) is 7.73. The third-order valence-corrected chi connectivity index (χ3v) is 3.73. The van der Waals surface area contributed by atoms with E-state index in [0.29, 0.717) is 31.1 Å². The highest BCUT2D eigenvalue weighted by molar-refractivity contribution is 5.91. The number of hydrogen-bond donors (Lipinski definition) is 2. The summed E-state index contributed by atoms with van der Waals surface area (Å²) in [6, 6.07) is 6.98. The van der Waals surface area contributed by atoms with E-state index in [0.717, 1.165) is 19.6 Å². The van der Waals surface area contributed by atoms with Gasteiger partial charge >= 0.3 is 6.03 Å². The molecule has 0 aromatic heterocycles. The third-order valence-electron chi connectivity index (χ3n) is 3.73. The Morgan fingerprint density at radius 1 is 1.04 bits per heavy atom. The monoisotopic (exact) mass is 320 g/mol. The van der Waals surface area contributed by atoms with Crippen molar-refractivity contribution >= 4 is 23.3 Å². The number of hydrogen-bond acceptors (Lipinski definition) is 4. The summed E-state index contributed by atoms with van der Waals surface area (Å²) in [7, 11) is 1.70. The van der Waals surface area contributed by atoms with Crippen LogP contribution in [0.25, 0.3) is 0 Å². The predicted octanol–water partition coefficient (Wildman–Crippen LogP) is 1.44. The zero-order valence-electron chi connectivity index (χ0n) is 13.7. The van der Waals surface area contributed by atoms with Crippen LogP contribution in [0, 0.1) is 0 Å². The molecule has 0 spiro atoms. The number of anilines is 2. The minimum Gasteiger partial charge on any atom is -0.383 e. The second kappa shape index (κ2) is 8.50. The van der Waals surface area contributed by atoms with E-state index >= 15 is 0 Å². The first-order chi connectivity index (χ1) is 11.1. The van der Waals surface area contributed by atoms with E-state index in [4.69, 9.17) is 4.74 Å². The maximum atomic E-state index is 12.3. The van der Waals surface area contributed by atoms with E-state index < -0.39 is 0 Å². The van der Waals surface area contributed by atoms with Crippen LogP contribution in [0.5, 0.6) is 0 Å². The molecule has 1 aliphatic rings. The maximum Gasteiger partial charge on any atom is 0.321 e. The van der Waals surface area contributed by atoms with Crippen LogP contribution < -0.4 is 10.6 Å². The van der Waals surface area contributed by atoms with E-state index in [-0.39, 0.29) is 11.9 Å². The summed E-state index contributed by atoms with van der Waals surface area (Å²) in [5.74, 6) is -0.117. The molecular weight excluding hydrogens is 296 g/mol. The zero-order valence-corrected chi connectivity index (χ0v) is 13.7. The van der Waals surface area contributed by atoms with Crippen LogP contribution in [0.2, 0.25) is 0 Å². The molecule has 0 unspecified atom stereocenters. The SMILES string of the molecule is COCCN1CCN(C(=O)Nc2ccc(NC(C)=O)cc2)CC1. The van der Waals surface area contributed by atoms with Gasteiger partial charge in [0.1, 0.15) is 0 Å². The Hall–Kier alpha value is -2.12. The van der Waals surface area contributed by atoms with Crippen molar-refractivity contribution in [2.75, 3.05) is 57.1 Å². The maximum absolute atomic E-state index is 12.3. The van der Waals surface area contributed by atoms with Crippen LogP contribution in [0.1, 0.15) is 6.92 Å². The van der Waals surface area contributed by atoms with Gasteiger partial charge in [-0.15, -0.1) is 0 Å². The Balaban J connectivity index is 1.79. The first kappa shape index (κ1) is 17.2. The third kappa shape index (κ3) is 5.54. The first-order valence-electron chi connectivity index (χ1n) is 7.73. The lowest BCUT2D eigenvalue weighted by Gasteiger charge is -2.34. The van der Waals surface area contributed by atoms with Gasteiger partial charge in [-0.2, -0.15) is 0 Å². The molecular formula is C16H24N4O3. The molecule has 23 heavy (non-hydrogen) atoms. The summed E-state index contributed by atoms with van der Waals surface area (Å²) in [5.41, 5.74) is 1.42. The van der Waals surface area contributed by atoms with Crippen molar-refractivity contribution < 1.29 is 14.3 Å². The molecule has 0 atom stereocenters. The number of methoxy groups -OCH3 is 1. The van der Waals surface area contributed by atoms with Crippen molar-refractivity contribution in [3.8, 4) is 0 Å². The fourth-order valence-corrected chi connectivity index (χ4v) is 2.44. The number of ether oxygens (including phenoxy) is 1. The van der Waals surface area contributed by atoms with Crippen molar-refractivity contribution in [2.24, 2.45) is 0 Å². The molecule has 7 nitrogen and oxygen atoms in total. The van der Waals surface area contributed by atoms with Gasteiger partial charge in [0.25, 0.3) is 0 Å². The van der Waals surface area contributed by atoms with Gasteiger partial charge in [0, 0.05) is 58.1 Å². The summed E-state index contributed by atoms with van der Waals surface area (Å²) in [6.45, 7) is 6.21. The van der Waals surface area contributed by atoms with Crippen LogP contribution in [-0.2, 0) is 9.53 Å². The van der Waals surface area contributed by atoms with E-state index in [9.17, 15) is 9.59 Å². The normalized spacial score (nSPS) is 15.3. The average Bonchev–Trinajstić information content (AvgIpc) is 2.54. The van der Waals surface area contributed by atoms with Gasteiger partial charge in [-0.3, -0.25) is 9.69 Å². The number of benzene rings is 1. The molecule has 126 valence electrons. The second-order valence-corrected chi connectivity index (χ2v) is 5.51.